The normalized spacial score (nSPS) is 21.7. The molecule has 4 amide bonds. The molecule has 1 aliphatic carbocycles. The Labute approximate surface area is 245 Å². The fourth-order valence-electron chi connectivity index (χ4n) is 5.76. The molecule has 3 aliphatic rings. The third kappa shape index (κ3) is 7.25. The number of halogens is 2. The second kappa shape index (κ2) is 13.6. The number of carbonyl (C=O) groups excluding carboxylic acids is 3. The highest BCUT2D eigenvalue weighted by Crippen LogP contribution is 2.42. The number of likely N-dealkylation sites (tertiary alicyclic amines) is 1. The Morgan fingerprint density at radius 3 is 2.43 bits per heavy atom. The lowest BCUT2D eigenvalue weighted by molar-refractivity contribution is -0.137. The molecule has 226 valence electrons. The molecule has 42 heavy (non-hydrogen) atoms. The van der Waals surface area contributed by atoms with Crippen LogP contribution < -0.4 is 10.6 Å². The molecular weight excluding hydrogens is 544 g/mol. The van der Waals surface area contributed by atoms with Crippen LogP contribution >= 0.6 is 0 Å². The minimum absolute atomic E-state index is 0.147. The summed E-state index contributed by atoms with van der Waals surface area (Å²) in [4.78, 5) is 44.4. The van der Waals surface area contributed by atoms with Gasteiger partial charge < -0.3 is 25.2 Å². The van der Waals surface area contributed by atoms with Crippen molar-refractivity contribution in [2.75, 3.05) is 59.5 Å². The summed E-state index contributed by atoms with van der Waals surface area (Å²) in [5.41, 5.74) is 1.99. The summed E-state index contributed by atoms with van der Waals surface area (Å²) in [5, 5.41) is 5.58. The number of ether oxygens (including phenoxy) is 1. The number of nitrogens with one attached hydrogen (secondary N) is 2. The Bertz CT molecular complexity index is 1250. The first-order valence-corrected chi connectivity index (χ1v) is 14.7. The lowest BCUT2D eigenvalue weighted by Crippen LogP contribution is -2.54. The van der Waals surface area contributed by atoms with Crippen LogP contribution in [0.2, 0.25) is 0 Å². The van der Waals surface area contributed by atoms with Crippen molar-refractivity contribution in [1.29, 1.82) is 0 Å². The summed E-state index contributed by atoms with van der Waals surface area (Å²) in [6.07, 6.45) is 0.422. The summed E-state index contributed by atoms with van der Waals surface area (Å²) < 4.78 is 34.7. The number of nitrogens with zero attached hydrogens (tertiary/aromatic N) is 3. The highest BCUT2D eigenvalue weighted by Gasteiger charge is 2.40. The van der Waals surface area contributed by atoms with Crippen LogP contribution in [-0.2, 0) is 14.3 Å². The molecule has 3 atom stereocenters. The van der Waals surface area contributed by atoms with Gasteiger partial charge in [0.2, 0.25) is 11.8 Å². The SMILES string of the molecule is COCCN1CCN(C(=O)NCC(=O)N2CC(F)CC2C(=O)NC(c2ccccc2)c2ccc(C3CC3)c(F)c2)CC1. The van der Waals surface area contributed by atoms with Crippen molar-refractivity contribution in [3.05, 3.63) is 71.0 Å². The number of benzene rings is 2. The van der Waals surface area contributed by atoms with Crippen LogP contribution in [0.4, 0.5) is 13.6 Å². The van der Waals surface area contributed by atoms with Crippen LogP contribution in [-0.4, -0.2) is 104 Å². The van der Waals surface area contributed by atoms with Crippen molar-refractivity contribution >= 4 is 17.8 Å². The summed E-state index contributed by atoms with van der Waals surface area (Å²) in [7, 11) is 1.65. The molecule has 11 heteroatoms. The third-order valence-electron chi connectivity index (χ3n) is 8.33. The van der Waals surface area contributed by atoms with E-state index in [1.165, 1.54) is 11.0 Å². The van der Waals surface area contributed by atoms with Crippen molar-refractivity contribution in [2.45, 2.75) is 43.4 Å². The van der Waals surface area contributed by atoms with E-state index in [0.717, 1.165) is 24.9 Å². The quantitative estimate of drug-likeness (QED) is 0.449. The number of amides is 4. The Balaban J connectivity index is 1.22. The molecule has 2 heterocycles. The molecule has 2 aliphatic heterocycles. The largest absolute Gasteiger partial charge is 0.383 e. The summed E-state index contributed by atoms with van der Waals surface area (Å²) in [5.74, 6) is -1.12. The van der Waals surface area contributed by atoms with E-state index in [0.29, 0.717) is 43.9 Å². The zero-order chi connectivity index (χ0) is 29.6. The van der Waals surface area contributed by atoms with Crippen LogP contribution in [0.15, 0.2) is 48.5 Å². The van der Waals surface area contributed by atoms with Gasteiger partial charge in [0.25, 0.3) is 0 Å². The van der Waals surface area contributed by atoms with Gasteiger partial charge in [-0.15, -0.1) is 0 Å². The predicted octanol–water partition coefficient (Wildman–Crippen LogP) is 2.82. The minimum Gasteiger partial charge on any atom is -0.383 e. The molecule has 1 saturated carbocycles. The van der Waals surface area contributed by atoms with E-state index in [9.17, 15) is 23.2 Å². The number of carbonyl (C=O) groups is 3. The van der Waals surface area contributed by atoms with Gasteiger partial charge in [0, 0.05) is 46.3 Å². The van der Waals surface area contributed by atoms with Crippen molar-refractivity contribution < 1.29 is 27.9 Å². The molecule has 2 N–H and O–H groups in total. The smallest absolute Gasteiger partial charge is 0.317 e. The third-order valence-corrected chi connectivity index (χ3v) is 8.33. The predicted molar refractivity (Wildman–Crippen MR) is 153 cm³/mol. The maximum atomic E-state index is 15.0. The van der Waals surface area contributed by atoms with Gasteiger partial charge >= 0.3 is 6.03 Å². The molecule has 0 spiro atoms. The van der Waals surface area contributed by atoms with Gasteiger partial charge in [0.1, 0.15) is 18.0 Å². The number of hydrogen-bond donors (Lipinski definition) is 2. The van der Waals surface area contributed by atoms with Gasteiger partial charge in [-0.25, -0.2) is 13.6 Å². The van der Waals surface area contributed by atoms with Crippen molar-refractivity contribution in [1.82, 2.24) is 25.3 Å². The molecule has 9 nitrogen and oxygen atoms in total. The first-order chi connectivity index (χ1) is 20.3. The van der Waals surface area contributed by atoms with Crippen LogP contribution in [0.25, 0.3) is 0 Å². The number of alkyl halides is 1. The Kier molecular flexibility index (Phi) is 9.69. The first-order valence-electron chi connectivity index (χ1n) is 14.7. The molecule has 3 unspecified atom stereocenters. The van der Waals surface area contributed by atoms with E-state index >= 15 is 0 Å². The van der Waals surface area contributed by atoms with Gasteiger partial charge in [-0.2, -0.15) is 0 Å². The van der Waals surface area contributed by atoms with Gasteiger partial charge in [0.05, 0.1) is 25.7 Å². The zero-order valence-electron chi connectivity index (χ0n) is 23.9. The Morgan fingerprint density at radius 1 is 1.02 bits per heavy atom. The lowest BCUT2D eigenvalue weighted by Gasteiger charge is -2.34. The number of rotatable bonds is 10. The fraction of sp³-hybridized carbons (Fsp3) is 0.516. The van der Waals surface area contributed by atoms with E-state index < -0.39 is 30.1 Å². The van der Waals surface area contributed by atoms with Gasteiger partial charge in [-0.1, -0.05) is 42.5 Å². The lowest BCUT2D eigenvalue weighted by atomic mass is 9.96. The number of piperazine rings is 1. The molecule has 3 fully saturated rings. The maximum absolute atomic E-state index is 15.0. The standard InChI is InChI=1S/C31H39F2N5O4/c1-42-16-15-36-11-13-37(14-12-36)31(41)34-19-28(39)38-20-24(32)18-27(38)30(40)35-29(22-5-3-2-4-6-22)23-9-10-25(21-7-8-21)26(33)17-23/h2-6,9-10,17,21,24,27,29H,7-8,11-16,18-20H2,1H3,(H,34,41)(H,35,40). The monoisotopic (exact) mass is 583 g/mol. The molecule has 2 aromatic rings. The van der Waals surface area contributed by atoms with Crippen molar-refractivity contribution in [3.63, 3.8) is 0 Å². The zero-order valence-corrected chi connectivity index (χ0v) is 23.9. The summed E-state index contributed by atoms with van der Waals surface area (Å²) >= 11 is 0. The highest BCUT2D eigenvalue weighted by molar-refractivity contribution is 5.91. The van der Waals surface area contributed by atoms with Gasteiger partial charge in [0.15, 0.2) is 0 Å². The number of methoxy groups -OCH3 is 1. The maximum Gasteiger partial charge on any atom is 0.317 e. The van der Waals surface area contributed by atoms with Crippen LogP contribution in [0.1, 0.15) is 47.9 Å². The Morgan fingerprint density at radius 2 is 1.76 bits per heavy atom. The van der Waals surface area contributed by atoms with E-state index in [1.54, 1.807) is 18.1 Å². The molecular formula is C31H39F2N5O4. The summed E-state index contributed by atoms with van der Waals surface area (Å²) in [6, 6.07) is 12.1. The Hall–Kier alpha value is -3.57. The topological polar surface area (TPSA) is 94.2 Å². The van der Waals surface area contributed by atoms with E-state index in [2.05, 4.69) is 15.5 Å². The van der Waals surface area contributed by atoms with Gasteiger partial charge in [-0.05, 0) is 41.5 Å². The molecule has 2 saturated heterocycles. The molecule has 5 rings (SSSR count). The van der Waals surface area contributed by atoms with E-state index in [1.807, 2.05) is 36.4 Å². The first kappa shape index (κ1) is 29.9. The van der Waals surface area contributed by atoms with E-state index in [4.69, 9.17) is 4.74 Å². The second-order valence-electron chi connectivity index (χ2n) is 11.3. The van der Waals surface area contributed by atoms with Crippen molar-refractivity contribution in [2.24, 2.45) is 0 Å². The van der Waals surface area contributed by atoms with Crippen molar-refractivity contribution in [3.8, 4) is 0 Å². The van der Waals surface area contributed by atoms with E-state index in [-0.39, 0.29) is 37.3 Å². The molecule has 0 radical (unpaired) electrons. The average molecular weight is 584 g/mol. The average Bonchev–Trinajstić information content (AvgIpc) is 3.77. The number of hydrogen-bond acceptors (Lipinski definition) is 5. The molecule has 0 aromatic heterocycles. The summed E-state index contributed by atoms with van der Waals surface area (Å²) in [6.45, 7) is 3.30. The second-order valence-corrected chi connectivity index (χ2v) is 11.3. The molecule has 2 aromatic carbocycles. The number of urea groups is 1. The fourth-order valence-corrected chi connectivity index (χ4v) is 5.76. The van der Waals surface area contributed by atoms with Crippen LogP contribution in [0, 0.1) is 5.82 Å². The van der Waals surface area contributed by atoms with Gasteiger partial charge in [-0.3, -0.25) is 14.5 Å². The van der Waals surface area contributed by atoms with Crippen LogP contribution in [0.5, 0.6) is 0 Å². The highest BCUT2D eigenvalue weighted by atomic mass is 19.1. The minimum atomic E-state index is -1.37. The molecule has 0 bridgehead atoms. The van der Waals surface area contributed by atoms with Crippen LogP contribution in [0.3, 0.4) is 0 Å².